The Hall–Kier alpha value is -2.59. The number of aryl methyl sites for hydroxylation is 1. The molecule has 0 aliphatic rings. The Morgan fingerprint density at radius 3 is 2.86 bits per heavy atom. The van der Waals surface area contributed by atoms with Crippen molar-refractivity contribution in [1.82, 2.24) is 19.7 Å². The molecule has 7 heteroatoms. The first-order chi connectivity index (χ1) is 10.2. The third-order valence-corrected chi connectivity index (χ3v) is 3.94. The molecule has 3 aromatic rings. The number of rotatable bonds is 3. The molecule has 21 heavy (non-hydrogen) atoms. The lowest BCUT2D eigenvalue weighted by molar-refractivity contribution is 0.534. The molecule has 3 aromatic heterocycles. The van der Waals surface area contributed by atoms with E-state index >= 15 is 0 Å². The topological polar surface area (TPSA) is 80.5 Å². The van der Waals surface area contributed by atoms with Gasteiger partial charge in [0.1, 0.15) is 22.5 Å². The van der Waals surface area contributed by atoms with E-state index in [9.17, 15) is 0 Å². The lowest BCUT2D eigenvalue weighted by Gasteiger charge is -2.02. The maximum absolute atomic E-state index is 8.88. The molecule has 0 bridgehead atoms. The predicted molar refractivity (Wildman–Crippen MR) is 76.5 cm³/mol. The van der Waals surface area contributed by atoms with Crippen LogP contribution in [0.3, 0.4) is 0 Å². The minimum absolute atomic E-state index is 0.382. The van der Waals surface area contributed by atoms with Crippen molar-refractivity contribution in [1.29, 1.82) is 5.26 Å². The van der Waals surface area contributed by atoms with Crippen LogP contribution in [0.25, 0.3) is 11.4 Å². The molecular weight excluding hydrogens is 286 g/mol. The monoisotopic (exact) mass is 297 g/mol. The van der Waals surface area contributed by atoms with Crippen molar-refractivity contribution in [2.24, 2.45) is 7.05 Å². The molecule has 0 fully saturated rings. The second kappa shape index (κ2) is 5.42. The molecule has 0 aromatic carbocycles. The molecule has 6 nitrogen and oxygen atoms in total. The SMILES string of the molecule is Cc1occc1-c1nnc(Sc2cccc(C#N)n2)n1C. The van der Waals surface area contributed by atoms with E-state index in [-0.39, 0.29) is 0 Å². The van der Waals surface area contributed by atoms with Gasteiger partial charge in [0.2, 0.25) is 0 Å². The molecule has 0 atom stereocenters. The molecule has 0 spiro atoms. The zero-order chi connectivity index (χ0) is 14.8. The van der Waals surface area contributed by atoms with Crippen molar-refractivity contribution in [3.63, 3.8) is 0 Å². The molecule has 0 amide bonds. The highest BCUT2D eigenvalue weighted by Gasteiger charge is 2.15. The number of furan rings is 1. The summed E-state index contributed by atoms with van der Waals surface area (Å²) in [6.07, 6.45) is 1.63. The van der Waals surface area contributed by atoms with Crippen LogP contribution in [-0.4, -0.2) is 19.7 Å². The first-order valence-corrected chi connectivity index (χ1v) is 6.99. The smallest absolute Gasteiger partial charge is 0.197 e. The Balaban J connectivity index is 1.93. The van der Waals surface area contributed by atoms with E-state index in [1.54, 1.807) is 18.4 Å². The molecule has 3 rings (SSSR count). The molecule has 0 N–H and O–H groups in total. The van der Waals surface area contributed by atoms with Crippen LogP contribution in [0.4, 0.5) is 0 Å². The normalized spacial score (nSPS) is 10.5. The summed E-state index contributed by atoms with van der Waals surface area (Å²) in [7, 11) is 1.89. The van der Waals surface area contributed by atoms with Crippen LogP contribution in [0.2, 0.25) is 0 Å². The van der Waals surface area contributed by atoms with Crippen molar-refractivity contribution in [2.45, 2.75) is 17.1 Å². The van der Waals surface area contributed by atoms with Crippen LogP contribution in [0.5, 0.6) is 0 Å². The van der Waals surface area contributed by atoms with Crippen molar-refractivity contribution in [3.8, 4) is 17.5 Å². The highest BCUT2D eigenvalue weighted by molar-refractivity contribution is 7.99. The van der Waals surface area contributed by atoms with Gasteiger partial charge in [-0.15, -0.1) is 10.2 Å². The zero-order valence-corrected chi connectivity index (χ0v) is 12.3. The van der Waals surface area contributed by atoms with Gasteiger partial charge in [0.05, 0.1) is 11.8 Å². The molecule has 0 saturated heterocycles. The van der Waals surface area contributed by atoms with Gasteiger partial charge in [-0.2, -0.15) is 5.26 Å². The van der Waals surface area contributed by atoms with Gasteiger partial charge >= 0.3 is 0 Å². The van der Waals surface area contributed by atoms with Gasteiger partial charge < -0.3 is 8.98 Å². The molecule has 0 saturated carbocycles. The summed E-state index contributed by atoms with van der Waals surface area (Å²) in [6, 6.07) is 9.19. The van der Waals surface area contributed by atoms with Crippen LogP contribution in [0, 0.1) is 18.3 Å². The first-order valence-electron chi connectivity index (χ1n) is 6.18. The van der Waals surface area contributed by atoms with E-state index in [4.69, 9.17) is 9.68 Å². The summed E-state index contributed by atoms with van der Waals surface area (Å²) in [5.74, 6) is 1.53. The second-order valence-electron chi connectivity index (χ2n) is 4.33. The molecule has 104 valence electrons. The second-order valence-corrected chi connectivity index (χ2v) is 5.32. The van der Waals surface area contributed by atoms with Crippen LogP contribution < -0.4 is 0 Å². The molecule has 3 heterocycles. The fraction of sp³-hybridized carbons (Fsp3) is 0.143. The van der Waals surface area contributed by atoms with E-state index in [1.807, 2.05) is 36.7 Å². The quantitative estimate of drug-likeness (QED) is 0.739. The zero-order valence-electron chi connectivity index (χ0n) is 11.4. The Bertz CT molecular complexity index is 830. The summed E-state index contributed by atoms with van der Waals surface area (Å²) in [4.78, 5) is 4.22. The van der Waals surface area contributed by atoms with Gasteiger partial charge in [0.15, 0.2) is 11.0 Å². The number of pyridine rings is 1. The van der Waals surface area contributed by atoms with Gasteiger partial charge in [-0.25, -0.2) is 4.98 Å². The highest BCUT2D eigenvalue weighted by Crippen LogP contribution is 2.29. The number of aromatic nitrogens is 4. The van der Waals surface area contributed by atoms with E-state index in [0.717, 1.165) is 17.1 Å². The Kier molecular flexibility index (Phi) is 3.46. The van der Waals surface area contributed by atoms with E-state index < -0.39 is 0 Å². The third kappa shape index (κ3) is 2.53. The van der Waals surface area contributed by atoms with Gasteiger partial charge in [0, 0.05) is 7.05 Å². The minimum atomic E-state index is 0.382. The van der Waals surface area contributed by atoms with Gasteiger partial charge in [-0.3, -0.25) is 0 Å². The van der Waals surface area contributed by atoms with Crippen LogP contribution in [-0.2, 0) is 7.05 Å². The van der Waals surface area contributed by atoms with Crippen molar-refractivity contribution < 1.29 is 4.42 Å². The summed E-state index contributed by atoms with van der Waals surface area (Å²) in [6.45, 7) is 1.88. The van der Waals surface area contributed by atoms with Crippen LogP contribution in [0.15, 0.2) is 45.1 Å². The lowest BCUT2D eigenvalue weighted by atomic mass is 10.2. The number of nitrogens with zero attached hydrogens (tertiary/aromatic N) is 5. The number of hydrogen-bond acceptors (Lipinski definition) is 6. The average molecular weight is 297 g/mol. The molecule has 0 aliphatic carbocycles. The summed E-state index contributed by atoms with van der Waals surface area (Å²) >= 11 is 1.36. The summed E-state index contributed by atoms with van der Waals surface area (Å²) < 4.78 is 7.17. The number of nitriles is 1. The largest absolute Gasteiger partial charge is 0.469 e. The molecule has 0 radical (unpaired) electrons. The van der Waals surface area contributed by atoms with E-state index in [1.165, 1.54) is 11.8 Å². The maximum Gasteiger partial charge on any atom is 0.197 e. The van der Waals surface area contributed by atoms with Gasteiger partial charge in [-0.1, -0.05) is 6.07 Å². The van der Waals surface area contributed by atoms with Crippen molar-refractivity contribution >= 4 is 11.8 Å². The summed E-state index contributed by atoms with van der Waals surface area (Å²) in [5, 5.41) is 18.7. The standard InChI is InChI=1S/C14H11N5OS/c1-9-11(6-7-20-9)13-17-18-14(19(13)2)21-12-5-3-4-10(8-15)16-12/h3-7H,1-2H3. The molecule has 0 unspecified atom stereocenters. The van der Waals surface area contributed by atoms with Gasteiger partial charge in [0.25, 0.3) is 0 Å². The molecule has 0 aliphatic heterocycles. The third-order valence-electron chi connectivity index (χ3n) is 2.97. The van der Waals surface area contributed by atoms with Gasteiger partial charge in [-0.05, 0) is 36.9 Å². The maximum atomic E-state index is 8.88. The summed E-state index contributed by atoms with van der Waals surface area (Å²) in [5.41, 5.74) is 1.30. The Morgan fingerprint density at radius 2 is 2.14 bits per heavy atom. The van der Waals surface area contributed by atoms with Crippen molar-refractivity contribution in [3.05, 3.63) is 42.0 Å². The average Bonchev–Trinajstić information content (AvgIpc) is 3.06. The highest BCUT2D eigenvalue weighted by atomic mass is 32.2. The first kappa shape index (κ1) is 13.4. The fourth-order valence-electron chi connectivity index (χ4n) is 1.88. The Labute approximate surface area is 125 Å². The van der Waals surface area contributed by atoms with E-state index in [2.05, 4.69) is 15.2 Å². The lowest BCUT2D eigenvalue weighted by Crippen LogP contribution is -1.95. The van der Waals surface area contributed by atoms with Crippen LogP contribution in [0.1, 0.15) is 11.5 Å². The number of hydrogen-bond donors (Lipinski definition) is 0. The Morgan fingerprint density at radius 1 is 1.29 bits per heavy atom. The predicted octanol–water partition coefficient (Wildman–Crippen LogP) is 2.80. The van der Waals surface area contributed by atoms with E-state index in [0.29, 0.717) is 15.9 Å². The minimum Gasteiger partial charge on any atom is -0.469 e. The van der Waals surface area contributed by atoms with Crippen molar-refractivity contribution in [2.75, 3.05) is 0 Å². The fourth-order valence-corrected chi connectivity index (χ4v) is 2.67. The van der Waals surface area contributed by atoms with Crippen LogP contribution >= 0.6 is 11.8 Å². The molecular formula is C14H11N5OS.